The van der Waals surface area contributed by atoms with Crippen LogP contribution in [-0.2, 0) is 18.3 Å². The summed E-state index contributed by atoms with van der Waals surface area (Å²) in [6.45, 7) is 0. The lowest BCUT2D eigenvalue weighted by molar-refractivity contribution is -0.138. The molecule has 1 aromatic carbocycles. The van der Waals surface area contributed by atoms with Gasteiger partial charge in [0.05, 0.1) is 0 Å². The molecule has 0 aliphatic carbocycles. The molecule has 1 atom stereocenters. The molecule has 4 heteroatoms. The second kappa shape index (κ2) is 4.59. The minimum Gasteiger partial charge on any atom is -0.480 e. The summed E-state index contributed by atoms with van der Waals surface area (Å²) in [5.74, 6) is -0.939. The maximum absolute atomic E-state index is 10.6. The van der Waals surface area contributed by atoms with E-state index >= 15 is 0 Å². The number of rotatable bonds is 4. The van der Waals surface area contributed by atoms with Crippen LogP contribution in [0.3, 0.4) is 0 Å². The number of fused-ring (bicyclic) bond motifs is 1. The molecule has 17 heavy (non-hydrogen) atoms. The Kier molecular flexibility index (Phi) is 3.15. The van der Waals surface area contributed by atoms with Crippen LogP contribution in [0.25, 0.3) is 10.9 Å². The summed E-state index contributed by atoms with van der Waals surface area (Å²) in [6.07, 6.45) is 3.17. The van der Waals surface area contributed by atoms with Crippen molar-refractivity contribution in [3.8, 4) is 0 Å². The third kappa shape index (κ3) is 2.47. The number of hydrogen-bond acceptors (Lipinski definition) is 2. The normalized spacial score (nSPS) is 12.8. The Morgan fingerprint density at radius 2 is 2.24 bits per heavy atom. The molecule has 0 saturated heterocycles. The number of carboxylic acids is 1. The van der Waals surface area contributed by atoms with E-state index in [0.29, 0.717) is 12.8 Å². The average molecular weight is 232 g/mol. The number of aryl methyl sites for hydroxylation is 2. The zero-order valence-corrected chi connectivity index (χ0v) is 9.76. The number of hydrogen-bond donors (Lipinski definition) is 2. The molecule has 2 aromatic rings. The second-order valence-corrected chi connectivity index (χ2v) is 4.30. The molecular formula is C13H16N2O2. The number of aromatic nitrogens is 1. The largest absolute Gasteiger partial charge is 0.480 e. The number of carboxylic acid groups (broad SMARTS) is 1. The zero-order valence-electron chi connectivity index (χ0n) is 9.76. The lowest BCUT2D eigenvalue weighted by atomic mass is 10.0. The van der Waals surface area contributed by atoms with Crippen molar-refractivity contribution < 1.29 is 9.90 Å². The van der Waals surface area contributed by atoms with Crippen molar-refractivity contribution in [3.05, 3.63) is 36.0 Å². The first-order valence-electron chi connectivity index (χ1n) is 5.60. The third-order valence-corrected chi connectivity index (χ3v) is 3.01. The molecule has 0 fully saturated rings. The average Bonchev–Trinajstić information content (AvgIpc) is 2.67. The Bertz CT molecular complexity index is 545. The Labute approximate surface area is 99.7 Å². The van der Waals surface area contributed by atoms with Gasteiger partial charge in [-0.15, -0.1) is 0 Å². The molecule has 4 nitrogen and oxygen atoms in total. The van der Waals surface area contributed by atoms with Gasteiger partial charge in [-0.2, -0.15) is 0 Å². The lowest BCUT2D eigenvalue weighted by Crippen LogP contribution is -2.30. The summed E-state index contributed by atoms with van der Waals surface area (Å²) >= 11 is 0. The molecule has 1 heterocycles. The fourth-order valence-electron chi connectivity index (χ4n) is 1.93. The molecule has 3 N–H and O–H groups in total. The van der Waals surface area contributed by atoms with E-state index in [2.05, 4.69) is 22.8 Å². The van der Waals surface area contributed by atoms with Crippen molar-refractivity contribution in [1.29, 1.82) is 0 Å². The first kappa shape index (κ1) is 11.7. The van der Waals surface area contributed by atoms with Crippen molar-refractivity contribution in [3.63, 3.8) is 0 Å². The van der Waals surface area contributed by atoms with Crippen molar-refractivity contribution >= 4 is 16.9 Å². The van der Waals surface area contributed by atoms with Crippen molar-refractivity contribution in [1.82, 2.24) is 4.57 Å². The summed E-state index contributed by atoms with van der Waals surface area (Å²) in [7, 11) is 2.00. The van der Waals surface area contributed by atoms with E-state index in [0.717, 1.165) is 5.56 Å². The third-order valence-electron chi connectivity index (χ3n) is 3.01. The van der Waals surface area contributed by atoms with Crippen LogP contribution < -0.4 is 5.73 Å². The first-order chi connectivity index (χ1) is 8.08. The maximum Gasteiger partial charge on any atom is 0.320 e. The predicted molar refractivity (Wildman–Crippen MR) is 66.9 cm³/mol. The lowest BCUT2D eigenvalue weighted by Gasteiger charge is -2.06. The minimum absolute atomic E-state index is 0.466. The van der Waals surface area contributed by atoms with Gasteiger partial charge in [0, 0.05) is 18.8 Å². The number of aliphatic carboxylic acids is 1. The molecule has 1 unspecified atom stereocenters. The molecule has 0 radical (unpaired) electrons. The van der Waals surface area contributed by atoms with Gasteiger partial charge in [-0.05, 0) is 42.0 Å². The summed E-state index contributed by atoms with van der Waals surface area (Å²) in [4.78, 5) is 10.6. The smallest absolute Gasteiger partial charge is 0.320 e. The van der Waals surface area contributed by atoms with Crippen molar-refractivity contribution in [2.45, 2.75) is 18.9 Å². The highest BCUT2D eigenvalue weighted by Crippen LogP contribution is 2.17. The van der Waals surface area contributed by atoms with E-state index in [-0.39, 0.29) is 0 Å². The standard InChI is InChI=1S/C13H16N2O2/c1-15-7-6-10-8-9(3-5-12(10)15)2-4-11(14)13(16)17/h3,5-8,11H,2,4,14H2,1H3,(H,16,17). The van der Waals surface area contributed by atoms with E-state index < -0.39 is 12.0 Å². The molecule has 2 rings (SSSR count). The topological polar surface area (TPSA) is 68.2 Å². The SMILES string of the molecule is Cn1ccc2cc(CCC(N)C(=O)O)ccc21. The van der Waals surface area contributed by atoms with Crippen LogP contribution in [0.15, 0.2) is 30.5 Å². The Balaban J connectivity index is 2.12. The monoisotopic (exact) mass is 232 g/mol. The van der Waals surface area contributed by atoms with E-state index in [1.165, 1.54) is 10.9 Å². The summed E-state index contributed by atoms with van der Waals surface area (Å²) < 4.78 is 2.06. The predicted octanol–water partition coefficient (Wildman–Crippen LogP) is 1.52. The highest BCUT2D eigenvalue weighted by atomic mass is 16.4. The highest BCUT2D eigenvalue weighted by Gasteiger charge is 2.11. The Morgan fingerprint density at radius 3 is 2.94 bits per heavy atom. The van der Waals surface area contributed by atoms with Crippen LogP contribution in [-0.4, -0.2) is 21.7 Å². The van der Waals surface area contributed by atoms with Crippen LogP contribution in [0.1, 0.15) is 12.0 Å². The van der Waals surface area contributed by atoms with Crippen LogP contribution >= 0.6 is 0 Å². The van der Waals surface area contributed by atoms with Gasteiger partial charge in [-0.3, -0.25) is 4.79 Å². The number of carbonyl (C=O) groups is 1. The molecule has 0 bridgehead atoms. The van der Waals surface area contributed by atoms with Gasteiger partial charge in [0.2, 0.25) is 0 Å². The van der Waals surface area contributed by atoms with Crippen LogP contribution in [0.5, 0.6) is 0 Å². The highest BCUT2D eigenvalue weighted by molar-refractivity contribution is 5.80. The molecule has 0 aliphatic rings. The van der Waals surface area contributed by atoms with Gasteiger partial charge < -0.3 is 15.4 Å². The second-order valence-electron chi connectivity index (χ2n) is 4.30. The zero-order chi connectivity index (χ0) is 12.4. The maximum atomic E-state index is 10.6. The van der Waals surface area contributed by atoms with Gasteiger partial charge in [0.25, 0.3) is 0 Å². The summed E-state index contributed by atoms with van der Waals surface area (Å²) in [5.41, 5.74) is 7.78. The fraction of sp³-hybridized carbons (Fsp3) is 0.308. The summed E-state index contributed by atoms with van der Waals surface area (Å²) in [6, 6.07) is 7.44. The van der Waals surface area contributed by atoms with E-state index in [4.69, 9.17) is 10.8 Å². The molecular weight excluding hydrogens is 216 g/mol. The molecule has 1 aromatic heterocycles. The molecule has 0 aliphatic heterocycles. The van der Waals surface area contributed by atoms with Gasteiger partial charge >= 0.3 is 5.97 Å². The fourth-order valence-corrected chi connectivity index (χ4v) is 1.93. The van der Waals surface area contributed by atoms with Crippen molar-refractivity contribution in [2.75, 3.05) is 0 Å². The quantitative estimate of drug-likeness (QED) is 0.839. The molecule has 90 valence electrons. The van der Waals surface area contributed by atoms with Gasteiger partial charge in [-0.25, -0.2) is 0 Å². The van der Waals surface area contributed by atoms with E-state index in [1.54, 1.807) is 0 Å². The van der Waals surface area contributed by atoms with Crippen molar-refractivity contribution in [2.24, 2.45) is 12.8 Å². The van der Waals surface area contributed by atoms with Gasteiger partial charge in [0.1, 0.15) is 6.04 Å². The number of nitrogens with two attached hydrogens (primary N) is 1. The van der Waals surface area contributed by atoms with Crippen LogP contribution in [0.4, 0.5) is 0 Å². The Morgan fingerprint density at radius 1 is 1.47 bits per heavy atom. The first-order valence-corrected chi connectivity index (χ1v) is 5.60. The van der Waals surface area contributed by atoms with Crippen LogP contribution in [0, 0.1) is 0 Å². The minimum atomic E-state index is -0.939. The number of benzene rings is 1. The molecule has 0 amide bonds. The van der Waals surface area contributed by atoms with Gasteiger partial charge in [0.15, 0.2) is 0 Å². The molecule has 0 saturated carbocycles. The van der Waals surface area contributed by atoms with Crippen LogP contribution in [0.2, 0.25) is 0 Å². The number of nitrogens with zero attached hydrogens (tertiary/aromatic N) is 1. The molecule has 0 spiro atoms. The summed E-state index contributed by atoms with van der Waals surface area (Å²) in [5, 5.41) is 9.88. The van der Waals surface area contributed by atoms with Gasteiger partial charge in [-0.1, -0.05) is 6.07 Å². The van der Waals surface area contributed by atoms with E-state index in [9.17, 15) is 4.79 Å². The van der Waals surface area contributed by atoms with E-state index in [1.807, 2.05) is 19.3 Å². The Hall–Kier alpha value is -1.81.